The summed E-state index contributed by atoms with van der Waals surface area (Å²) in [6.07, 6.45) is 3.81. The monoisotopic (exact) mass is 270 g/mol. The van der Waals surface area contributed by atoms with E-state index >= 15 is 0 Å². The minimum Gasteiger partial charge on any atom is -0.313 e. The maximum absolute atomic E-state index is 13.2. The van der Waals surface area contributed by atoms with Gasteiger partial charge in [-0.3, -0.25) is 0 Å². The quantitative estimate of drug-likeness (QED) is 0.800. The molecular weight excluding hydrogens is 251 g/mol. The van der Waals surface area contributed by atoms with Gasteiger partial charge in [0.2, 0.25) is 0 Å². The molecule has 100 valence electrons. The summed E-state index contributed by atoms with van der Waals surface area (Å²) in [6.45, 7) is 5.23. The van der Waals surface area contributed by atoms with Crippen LogP contribution in [-0.4, -0.2) is 31.1 Å². The first-order chi connectivity index (χ1) is 8.77. The number of hydrogen-bond acceptors (Lipinski definition) is 2. The van der Waals surface area contributed by atoms with Gasteiger partial charge in [0.05, 0.1) is 5.02 Å². The Balaban J connectivity index is 1.64. The van der Waals surface area contributed by atoms with Gasteiger partial charge in [0, 0.05) is 6.54 Å². The van der Waals surface area contributed by atoms with Crippen LogP contribution < -0.4 is 5.32 Å². The Morgan fingerprint density at radius 3 is 2.83 bits per heavy atom. The maximum atomic E-state index is 13.2. The summed E-state index contributed by atoms with van der Waals surface area (Å²) in [7, 11) is 0. The number of nitrogens with zero attached hydrogens (tertiary/aromatic N) is 1. The van der Waals surface area contributed by atoms with Gasteiger partial charge in [0.25, 0.3) is 0 Å². The second-order valence-electron chi connectivity index (χ2n) is 4.79. The Hall–Kier alpha value is -0.640. The van der Waals surface area contributed by atoms with Crippen molar-refractivity contribution in [3.05, 3.63) is 34.6 Å². The number of likely N-dealkylation sites (tertiary alicyclic amines) is 1. The number of benzene rings is 1. The van der Waals surface area contributed by atoms with Gasteiger partial charge in [-0.1, -0.05) is 23.7 Å². The third-order valence-electron chi connectivity index (χ3n) is 3.37. The highest BCUT2D eigenvalue weighted by Crippen LogP contribution is 2.19. The lowest BCUT2D eigenvalue weighted by molar-refractivity contribution is 0.331. The summed E-state index contributed by atoms with van der Waals surface area (Å²) >= 11 is 5.89. The van der Waals surface area contributed by atoms with Gasteiger partial charge in [0.1, 0.15) is 5.82 Å². The molecule has 1 N–H and O–H groups in total. The van der Waals surface area contributed by atoms with Crippen LogP contribution in [0.5, 0.6) is 0 Å². The standard InChI is InChI=1S/C14H20ClFN2/c15-14-12(5-3-6-13(14)16)11-17-7-4-10-18-8-1-2-9-18/h3,5-6,17H,1-2,4,7-11H2. The summed E-state index contributed by atoms with van der Waals surface area (Å²) in [4.78, 5) is 2.50. The minimum absolute atomic E-state index is 0.240. The van der Waals surface area contributed by atoms with Gasteiger partial charge in [-0.25, -0.2) is 4.39 Å². The smallest absolute Gasteiger partial charge is 0.142 e. The lowest BCUT2D eigenvalue weighted by atomic mass is 10.2. The topological polar surface area (TPSA) is 15.3 Å². The molecule has 1 aliphatic heterocycles. The number of halogens is 2. The molecule has 0 aromatic heterocycles. The number of nitrogens with one attached hydrogen (secondary N) is 1. The van der Waals surface area contributed by atoms with Crippen LogP contribution in [0.25, 0.3) is 0 Å². The highest BCUT2D eigenvalue weighted by molar-refractivity contribution is 6.31. The third kappa shape index (κ3) is 3.94. The van der Waals surface area contributed by atoms with Crippen LogP contribution in [0.2, 0.25) is 5.02 Å². The Kier molecular flexibility index (Phi) is 5.42. The van der Waals surface area contributed by atoms with Crippen molar-refractivity contribution in [3.8, 4) is 0 Å². The van der Waals surface area contributed by atoms with Gasteiger partial charge >= 0.3 is 0 Å². The molecular formula is C14H20ClFN2. The molecule has 0 spiro atoms. The van der Waals surface area contributed by atoms with E-state index < -0.39 is 0 Å². The average molecular weight is 271 g/mol. The van der Waals surface area contributed by atoms with Crippen LogP contribution in [0, 0.1) is 5.82 Å². The van der Waals surface area contributed by atoms with Crippen molar-refractivity contribution in [2.45, 2.75) is 25.8 Å². The van der Waals surface area contributed by atoms with E-state index in [-0.39, 0.29) is 10.8 Å². The van der Waals surface area contributed by atoms with E-state index in [0.29, 0.717) is 6.54 Å². The molecule has 4 heteroatoms. The van der Waals surface area contributed by atoms with Crippen molar-refractivity contribution in [1.29, 1.82) is 0 Å². The van der Waals surface area contributed by atoms with Crippen molar-refractivity contribution in [2.24, 2.45) is 0 Å². The summed E-state index contributed by atoms with van der Waals surface area (Å²) < 4.78 is 13.2. The molecule has 0 aliphatic carbocycles. The zero-order chi connectivity index (χ0) is 12.8. The number of hydrogen-bond donors (Lipinski definition) is 1. The van der Waals surface area contributed by atoms with E-state index in [2.05, 4.69) is 10.2 Å². The molecule has 1 heterocycles. The van der Waals surface area contributed by atoms with Gasteiger partial charge in [-0.2, -0.15) is 0 Å². The molecule has 1 aromatic rings. The lowest BCUT2D eigenvalue weighted by Gasteiger charge is -2.14. The molecule has 18 heavy (non-hydrogen) atoms. The Morgan fingerprint density at radius 2 is 2.06 bits per heavy atom. The van der Waals surface area contributed by atoms with E-state index in [9.17, 15) is 4.39 Å². The van der Waals surface area contributed by atoms with Crippen LogP contribution in [0.3, 0.4) is 0 Å². The molecule has 0 radical (unpaired) electrons. The molecule has 0 bridgehead atoms. The maximum Gasteiger partial charge on any atom is 0.142 e. The summed E-state index contributed by atoms with van der Waals surface area (Å²) in [5.41, 5.74) is 0.831. The summed E-state index contributed by atoms with van der Waals surface area (Å²) in [5.74, 6) is -0.340. The highest BCUT2D eigenvalue weighted by Gasteiger charge is 2.10. The molecule has 0 amide bonds. The van der Waals surface area contributed by atoms with Gasteiger partial charge in [0.15, 0.2) is 0 Å². The second-order valence-corrected chi connectivity index (χ2v) is 5.17. The van der Waals surface area contributed by atoms with Crippen LogP contribution in [-0.2, 0) is 6.54 Å². The van der Waals surface area contributed by atoms with E-state index in [1.54, 1.807) is 6.07 Å². The van der Waals surface area contributed by atoms with E-state index in [1.807, 2.05) is 6.07 Å². The summed E-state index contributed by atoms with van der Waals surface area (Å²) in [5, 5.41) is 3.56. The predicted molar refractivity (Wildman–Crippen MR) is 73.4 cm³/mol. The van der Waals surface area contributed by atoms with E-state index in [4.69, 9.17) is 11.6 Å². The van der Waals surface area contributed by atoms with Crippen LogP contribution in [0.1, 0.15) is 24.8 Å². The van der Waals surface area contributed by atoms with Crippen molar-refractivity contribution in [3.63, 3.8) is 0 Å². The molecule has 2 rings (SSSR count). The molecule has 1 saturated heterocycles. The third-order valence-corrected chi connectivity index (χ3v) is 3.80. The van der Waals surface area contributed by atoms with Crippen molar-refractivity contribution < 1.29 is 4.39 Å². The molecule has 1 aromatic carbocycles. The zero-order valence-corrected chi connectivity index (χ0v) is 11.3. The fourth-order valence-electron chi connectivity index (χ4n) is 2.34. The Bertz CT molecular complexity index is 378. The average Bonchev–Trinajstić information content (AvgIpc) is 2.87. The van der Waals surface area contributed by atoms with Gasteiger partial charge in [-0.15, -0.1) is 0 Å². The van der Waals surface area contributed by atoms with Crippen molar-refractivity contribution in [1.82, 2.24) is 10.2 Å². The molecule has 0 atom stereocenters. The minimum atomic E-state index is -0.340. The molecule has 1 fully saturated rings. The van der Waals surface area contributed by atoms with Crippen molar-refractivity contribution >= 4 is 11.6 Å². The van der Waals surface area contributed by atoms with Crippen LogP contribution >= 0.6 is 11.6 Å². The van der Waals surface area contributed by atoms with E-state index in [0.717, 1.165) is 25.1 Å². The fourth-order valence-corrected chi connectivity index (χ4v) is 2.53. The lowest BCUT2D eigenvalue weighted by Crippen LogP contribution is -2.24. The van der Waals surface area contributed by atoms with Crippen LogP contribution in [0.4, 0.5) is 4.39 Å². The summed E-state index contributed by atoms with van der Waals surface area (Å²) in [6, 6.07) is 4.94. The van der Waals surface area contributed by atoms with Gasteiger partial charge in [-0.05, 0) is 57.1 Å². The molecule has 0 saturated carbocycles. The zero-order valence-electron chi connectivity index (χ0n) is 10.6. The SMILES string of the molecule is Fc1cccc(CNCCCN2CCCC2)c1Cl. The Labute approximate surface area is 113 Å². The van der Waals surface area contributed by atoms with Gasteiger partial charge < -0.3 is 10.2 Å². The normalized spacial score (nSPS) is 16.3. The van der Waals surface area contributed by atoms with E-state index in [1.165, 1.54) is 32.0 Å². The van der Waals surface area contributed by atoms with Crippen LogP contribution in [0.15, 0.2) is 18.2 Å². The highest BCUT2D eigenvalue weighted by atomic mass is 35.5. The Morgan fingerprint density at radius 1 is 1.28 bits per heavy atom. The first-order valence-corrected chi connectivity index (χ1v) is 7.01. The molecule has 0 unspecified atom stereocenters. The van der Waals surface area contributed by atoms with Crippen molar-refractivity contribution in [2.75, 3.05) is 26.2 Å². The first kappa shape index (κ1) is 13.8. The predicted octanol–water partition coefficient (Wildman–Crippen LogP) is 3.05. The fraction of sp³-hybridized carbons (Fsp3) is 0.571. The second kappa shape index (κ2) is 7.07. The first-order valence-electron chi connectivity index (χ1n) is 6.63. The molecule has 1 aliphatic rings. The number of rotatable bonds is 6. The largest absolute Gasteiger partial charge is 0.313 e. The molecule has 2 nitrogen and oxygen atoms in total.